The zero-order valence-corrected chi connectivity index (χ0v) is 30.5. The van der Waals surface area contributed by atoms with Gasteiger partial charge in [-0.15, -0.1) is 0 Å². The summed E-state index contributed by atoms with van der Waals surface area (Å²) in [6.07, 6.45) is -0.675. The third kappa shape index (κ3) is 29.9. The molecular formula is C33H54O18S. The normalized spacial score (nSPS) is 11.5. The third-order valence-corrected chi connectivity index (χ3v) is 7.46. The van der Waals surface area contributed by atoms with E-state index < -0.39 is 34.3 Å². The number of esters is 1. The Morgan fingerprint density at radius 3 is 1.08 bits per heavy atom. The number of carboxylic acids is 1. The van der Waals surface area contributed by atoms with Gasteiger partial charge in [-0.25, -0.2) is 4.79 Å². The number of carboxylic acid groups (broad SMARTS) is 1. The molecule has 19 heteroatoms. The zero-order valence-electron chi connectivity index (χ0n) is 29.7. The molecule has 0 radical (unpaired) electrons. The van der Waals surface area contributed by atoms with Crippen molar-refractivity contribution in [3.05, 3.63) is 30.3 Å². The third-order valence-electron chi connectivity index (χ3n) is 6.13. The maximum Gasteiger partial charge on any atom is 0.372 e. The van der Waals surface area contributed by atoms with Crippen LogP contribution < -0.4 is 0 Å². The Morgan fingerprint density at radius 1 is 0.442 bits per heavy atom. The average molecular weight is 771 g/mol. The first-order valence-electron chi connectivity index (χ1n) is 17.0. The predicted molar refractivity (Wildman–Crippen MR) is 181 cm³/mol. The molecule has 1 aromatic carbocycles. The number of aliphatic carboxylic acids is 1. The van der Waals surface area contributed by atoms with Gasteiger partial charge >= 0.3 is 11.9 Å². The van der Waals surface area contributed by atoms with Crippen LogP contribution in [-0.4, -0.2) is 177 Å². The van der Waals surface area contributed by atoms with Crippen LogP contribution in [0, 0.1) is 0 Å². The lowest BCUT2D eigenvalue weighted by atomic mass is 10.2. The van der Waals surface area contributed by atoms with Crippen molar-refractivity contribution in [2.75, 3.05) is 145 Å². The van der Waals surface area contributed by atoms with Crippen molar-refractivity contribution in [1.82, 2.24) is 0 Å². The Bertz CT molecular complexity index is 1120. The molecule has 0 saturated heterocycles. The number of ketones is 1. The maximum absolute atomic E-state index is 12.0. The molecule has 0 aliphatic rings. The summed E-state index contributed by atoms with van der Waals surface area (Å²) in [4.78, 5) is 32.8. The van der Waals surface area contributed by atoms with E-state index in [1.165, 1.54) is 12.1 Å². The van der Waals surface area contributed by atoms with E-state index in [1.807, 2.05) is 0 Å². The number of hydrogen-bond acceptors (Lipinski definition) is 17. The molecule has 0 bridgehead atoms. The number of hydrogen-bond donors (Lipinski definition) is 1. The van der Waals surface area contributed by atoms with Gasteiger partial charge in [-0.1, -0.05) is 18.2 Å². The average Bonchev–Trinajstić information content (AvgIpc) is 3.14. The summed E-state index contributed by atoms with van der Waals surface area (Å²) in [6, 6.07) is 7.93. The fraction of sp³-hybridized carbons (Fsp3) is 0.727. The molecule has 0 aromatic heterocycles. The Kier molecular flexibility index (Phi) is 31.1. The van der Waals surface area contributed by atoms with Crippen molar-refractivity contribution in [1.29, 1.82) is 0 Å². The van der Waals surface area contributed by atoms with E-state index in [-0.39, 0.29) is 37.7 Å². The molecule has 1 N–H and O–H groups in total. The summed E-state index contributed by atoms with van der Waals surface area (Å²) in [5.41, 5.74) is 0. The highest BCUT2D eigenvalue weighted by molar-refractivity contribution is 7.86. The standard InChI is InChI=1S/C33H54O18S/c34-31(33(36)37)6-7-32(35)50-28-26-48-24-22-46-20-18-44-16-14-42-12-10-40-8-9-41-11-13-43-15-17-45-19-21-47-23-25-49-27-29-51-52(38,39)30-4-2-1-3-5-30/h1-5H,6-29H2,(H,36,37). The van der Waals surface area contributed by atoms with Gasteiger partial charge in [0.05, 0.1) is 150 Å². The predicted octanol–water partition coefficient (Wildman–Crippen LogP) is 0.535. The molecular weight excluding hydrogens is 716 g/mol. The Labute approximate surface area is 305 Å². The van der Waals surface area contributed by atoms with Crippen LogP contribution in [0.1, 0.15) is 12.8 Å². The van der Waals surface area contributed by atoms with Gasteiger partial charge in [0.25, 0.3) is 10.1 Å². The lowest BCUT2D eigenvalue weighted by molar-refractivity contribution is -0.151. The molecule has 0 heterocycles. The van der Waals surface area contributed by atoms with Crippen LogP contribution >= 0.6 is 0 Å². The number of Topliss-reactive ketones (excluding diaryl/α,β-unsaturated/α-hetero) is 1. The number of ether oxygens (including phenoxy) is 11. The van der Waals surface area contributed by atoms with E-state index in [9.17, 15) is 22.8 Å². The van der Waals surface area contributed by atoms with E-state index in [0.29, 0.717) is 119 Å². The monoisotopic (exact) mass is 770 g/mol. The fourth-order valence-corrected chi connectivity index (χ4v) is 4.46. The van der Waals surface area contributed by atoms with Crippen LogP contribution in [0.2, 0.25) is 0 Å². The molecule has 0 amide bonds. The molecule has 52 heavy (non-hydrogen) atoms. The number of benzene rings is 1. The Morgan fingerprint density at radius 2 is 0.750 bits per heavy atom. The maximum atomic E-state index is 12.0. The Hall–Kier alpha value is -2.66. The first-order valence-corrected chi connectivity index (χ1v) is 18.4. The summed E-state index contributed by atoms with van der Waals surface area (Å²) < 4.78 is 87.6. The molecule has 0 atom stereocenters. The van der Waals surface area contributed by atoms with Gasteiger partial charge in [-0.05, 0) is 12.1 Å². The van der Waals surface area contributed by atoms with Crippen LogP contribution in [0.15, 0.2) is 35.2 Å². The summed E-state index contributed by atoms with van der Waals surface area (Å²) >= 11 is 0. The van der Waals surface area contributed by atoms with E-state index in [1.54, 1.807) is 18.2 Å². The molecule has 0 spiro atoms. The SMILES string of the molecule is O=C(CCC(=O)C(=O)O)OCCOCCOCCOCCOCCOCCOCCOCCOCCOCCOCCOS(=O)(=O)c1ccccc1. The summed E-state index contributed by atoms with van der Waals surface area (Å²) in [6.45, 7) is 7.54. The topological polar surface area (TPSA) is 216 Å². The van der Waals surface area contributed by atoms with Crippen LogP contribution in [0.25, 0.3) is 0 Å². The quantitative estimate of drug-likeness (QED) is 0.0418. The number of rotatable bonds is 39. The van der Waals surface area contributed by atoms with Gasteiger partial charge in [0.15, 0.2) is 0 Å². The highest BCUT2D eigenvalue weighted by Crippen LogP contribution is 2.10. The largest absolute Gasteiger partial charge is 0.476 e. The highest BCUT2D eigenvalue weighted by atomic mass is 32.2. The molecule has 0 fully saturated rings. The van der Waals surface area contributed by atoms with Gasteiger partial charge in [0, 0.05) is 6.42 Å². The second-order valence-corrected chi connectivity index (χ2v) is 11.8. The Balaban J connectivity index is 1.67. The van der Waals surface area contributed by atoms with Crippen molar-refractivity contribution in [3.8, 4) is 0 Å². The molecule has 18 nitrogen and oxygen atoms in total. The summed E-state index contributed by atoms with van der Waals surface area (Å²) in [5.74, 6) is -3.26. The minimum Gasteiger partial charge on any atom is -0.476 e. The fourth-order valence-electron chi connectivity index (χ4n) is 3.55. The second kappa shape index (κ2) is 34.1. The molecule has 0 unspecified atom stereocenters. The first-order chi connectivity index (χ1) is 25.3. The van der Waals surface area contributed by atoms with Crippen LogP contribution in [-0.2, 0) is 80.8 Å². The second-order valence-electron chi connectivity index (χ2n) is 10.2. The van der Waals surface area contributed by atoms with E-state index in [0.717, 1.165) is 0 Å². The lowest BCUT2D eigenvalue weighted by Crippen LogP contribution is -2.17. The van der Waals surface area contributed by atoms with E-state index in [4.69, 9.17) is 61.4 Å². The first kappa shape index (κ1) is 47.4. The van der Waals surface area contributed by atoms with Gasteiger partial charge in [0.2, 0.25) is 5.78 Å². The number of carbonyl (C=O) groups is 3. The zero-order chi connectivity index (χ0) is 37.8. The summed E-state index contributed by atoms with van der Waals surface area (Å²) in [7, 11) is -3.77. The van der Waals surface area contributed by atoms with Crippen LogP contribution in [0.3, 0.4) is 0 Å². The highest BCUT2D eigenvalue weighted by Gasteiger charge is 2.15. The van der Waals surface area contributed by atoms with E-state index in [2.05, 4.69) is 0 Å². The van der Waals surface area contributed by atoms with Gasteiger partial charge < -0.3 is 57.2 Å². The molecule has 0 aliphatic carbocycles. The van der Waals surface area contributed by atoms with Crippen molar-refractivity contribution in [2.24, 2.45) is 0 Å². The molecule has 0 aliphatic heterocycles. The van der Waals surface area contributed by atoms with Crippen molar-refractivity contribution in [3.63, 3.8) is 0 Å². The van der Waals surface area contributed by atoms with Gasteiger partial charge in [0.1, 0.15) is 6.61 Å². The molecule has 1 rings (SSSR count). The number of carbonyl (C=O) groups excluding carboxylic acids is 2. The molecule has 300 valence electrons. The van der Waals surface area contributed by atoms with Crippen molar-refractivity contribution >= 4 is 27.8 Å². The van der Waals surface area contributed by atoms with Crippen molar-refractivity contribution < 1.29 is 84.2 Å². The molecule has 1 aromatic rings. The summed E-state index contributed by atoms with van der Waals surface area (Å²) in [5, 5.41) is 8.44. The minimum absolute atomic E-state index is 0.00452. The lowest BCUT2D eigenvalue weighted by Gasteiger charge is -2.09. The van der Waals surface area contributed by atoms with E-state index >= 15 is 0 Å². The van der Waals surface area contributed by atoms with Gasteiger partial charge in [-0.3, -0.25) is 13.8 Å². The van der Waals surface area contributed by atoms with Gasteiger partial charge in [-0.2, -0.15) is 8.42 Å². The van der Waals surface area contributed by atoms with Crippen LogP contribution in [0.5, 0.6) is 0 Å². The van der Waals surface area contributed by atoms with Crippen molar-refractivity contribution in [2.45, 2.75) is 17.7 Å². The van der Waals surface area contributed by atoms with Crippen LogP contribution in [0.4, 0.5) is 0 Å². The molecule has 0 saturated carbocycles. The minimum atomic E-state index is -3.77. The smallest absolute Gasteiger partial charge is 0.372 e.